The van der Waals surface area contributed by atoms with E-state index in [1.165, 1.54) is 9.87 Å². The summed E-state index contributed by atoms with van der Waals surface area (Å²) in [5.74, 6) is 0.0569. The highest BCUT2D eigenvalue weighted by molar-refractivity contribution is 7.80. The molecule has 2 N–H and O–H groups in total. The lowest BCUT2D eigenvalue weighted by molar-refractivity contribution is -0.139. The van der Waals surface area contributed by atoms with Crippen molar-refractivity contribution < 1.29 is 23.4 Å². The fraction of sp³-hybridized carbons (Fsp3) is 0.308. The Balaban J connectivity index is 1.68. The highest BCUT2D eigenvalue weighted by Crippen LogP contribution is 2.42. The van der Waals surface area contributed by atoms with Gasteiger partial charge in [0.1, 0.15) is 11.6 Å². The van der Waals surface area contributed by atoms with Crippen molar-refractivity contribution in [1.29, 1.82) is 0 Å². The van der Waals surface area contributed by atoms with E-state index >= 15 is 0 Å². The molecule has 2 aromatic carbocycles. The van der Waals surface area contributed by atoms with Crippen molar-refractivity contribution in [2.45, 2.75) is 45.1 Å². The second-order valence-corrected chi connectivity index (χ2v) is 10.1. The SMILES string of the molecule is CC(C)c1cccc(-c2ccc(N(C3CCCc4c(OCC(=O)O)cc(Cl)cc43)S(=O)O)nc2)c1. The highest BCUT2D eigenvalue weighted by atomic mass is 35.5. The van der Waals surface area contributed by atoms with Crippen molar-refractivity contribution in [3.63, 3.8) is 0 Å². The first-order chi connectivity index (χ1) is 16.7. The second kappa shape index (κ2) is 10.8. The van der Waals surface area contributed by atoms with E-state index in [9.17, 15) is 13.6 Å². The molecule has 0 radical (unpaired) electrons. The van der Waals surface area contributed by atoms with Crippen LogP contribution in [-0.4, -0.2) is 31.4 Å². The van der Waals surface area contributed by atoms with Gasteiger partial charge >= 0.3 is 5.97 Å². The Kier molecular flexibility index (Phi) is 7.74. The van der Waals surface area contributed by atoms with Gasteiger partial charge in [0, 0.05) is 16.8 Å². The number of aliphatic carboxylic acids is 1. The molecule has 0 saturated heterocycles. The monoisotopic (exact) mass is 514 g/mol. The molecule has 1 aromatic heterocycles. The average Bonchev–Trinajstić information content (AvgIpc) is 2.83. The molecule has 0 amide bonds. The zero-order chi connectivity index (χ0) is 25.1. The molecule has 0 aliphatic heterocycles. The number of halogens is 1. The number of nitrogens with zero attached hydrogens (tertiary/aromatic N) is 2. The van der Waals surface area contributed by atoms with Crippen LogP contribution in [0.2, 0.25) is 5.02 Å². The maximum Gasteiger partial charge on any atom is 0.341 e. The smallest absolute Gasteiger partial charge is 0.341 e. The largest absolute Gasteiger partial charge is 0.482 e. The van der Waals surface area contributed by atoms with E-state index in [4.69, 9.17) is 21.4 Å². The summed E-state index contributed by atoms with van der Waals surface area (Å²) < 4.78 is 29.6. The van der Waals surface area contributed by atoms with Crippen LogP contribution in [0.25, 0.3) is 11.1 Å². The Labute approximate surface area is 212 Å². The molecule has 1 aliphatic rings. The number of fused-ring (bicyclic) bond motifs is 1. The standard InChI is InChI=1S/C26H27ClN2O5S/c1-16(2)17-5-3-6-18(11-17)19-9-10-25(28-14-19)29(35(32)33)23-8-4-7-21-22(23)12-20(27)13-24(21)34-15-26(30)31/h3,5-6,9-14,16,23H,4,7-8,15H2,1-2H3,(H,30,31)(H,32,33). The van der Waals surface area contributed by atoms with E-state index in [1.54, 1.807) is 24.4 Å². The highest BCUT2D eigenvalue weighted by Gasteiger charge is 2.32. The fourth-order valence-corrected chi connectivity index (χ4v) is 5.37. The van der Waals surface area contributed by atoms with Gasteiger partial charge in [-0.1, -0.05) is 49.7 Å². The summed E-state index contributed by atoms with van der Waals surface area (Å²) in [6.45, 7) is 3.79. The summed E-state index contributed by atoms with van der Waals surface area (Å²) >= 11 is 3.96. The number of hydrogen-bond acceptors (Lipinski definition) is 4. The summed E-state index contributed by atoms with van der Waals surface area (Å²) in [5.41, 5.74) is 4.70. The third kappa shape index (κ3) is 5.66. The first-order valence-electron chi connectivity index (χ1n) is 11.4. The molecule has 9 heteroatoms. The predicted octanol–water partition coefficient (Wildman–Crippen LogP) is 6.01. The quantitative estimate of drug-likeness (QED) is 0.357. The molecule has 0 spiro atoms. The zero-order valence-corrected chi connectivity index (χ0v) is 21.1. The van der Waals surface area contributed by atoms with Gasteiger partial charge in [-0.3, -0.25) is 4.55 Å². The Morgan fingerprint density at radius 1 is 1.23 bits per heavy atom. The summed E-state index contributed by atoms with van der Waals surface area (Å²) in [5, 5.41) is 9.38. The molecule has 0 bridgehead atoms. The molecule has 184 valence electrons. The Hall–Kier alpha value is -2.94. The molecular weight excluding hydrogens is 488 g/mol. The zero-order valence-electron chi connectivity index (χ0n) is 19.5. The average molecular weight is 515 g/mol. The number of benzene rings is 2. The molecule has 7 nitrogen and oxygen atoms in total. The molecule has 1 heterocycles. The van der Waals surface area contributed by atoms with Crippen molar-refractivity contribution in [3.05, 3.63) is 76.4 Å². The number of hydrogen-bond donors (Lipinski definition) is 2. The third-order valence-corrected chi connectivity index (χ3v) is 7.13. The molecule has 35 heavy (non-hydrogen) atoms. The van der Waals surface area contributed by atoms with E-state index in [0.717, 1.165) is 28.7 Å². The minimum atomic E-state index is -2.35. The van der Waals surface area contributed by atoms with Gasteiger partial charge in [-0.15, -0.1) is 0 Å². The number of carboxylic acids is 1. The van der Waals surface area contributed by atoms with E-state index in [2.05, 4.69) is 31.0 Å². The van der Waals surface area contributed by atoms with Crippen LogP contribution in [-0.2, 0) is 22.5 Å². The molecule has 4 rings (SSSR count). The Bertz CT molecular complexity index is 1250. The van der Waals surface area contributed by atoms with Crippen molar-refractivity contribution in [3.8, 4) is 16.9 Å². The number of carbonyl (C=O) groups is 1. The minimum absolute atomic E-state index is 0.362. The molecule has 2 unspecified atom stereocenters. The summed E-state index contributed by atoms with van der Waals surface area (Å²) in [7, 11) is 0. The number of pyridine rings is 1. The topological polar surface area (TPSA) is 100.0 Å². The van der Waals surface area contributed by atoms with Gasteiger partial charge in [-0.05, 0) is 71.7 Å². The van der Waals surface area contributed by atoms with E-state index in [-0.39, 0.29) is 0 Å². The van der Waals surface area contributed by atoms with Crippen molar-refractivity contribution >= 4 is 34.7 Å². The van der Waals surface area contributed by atoms with Crippen LogP contribution in [0.1, 0.15) is 55.3 Å². The Morgan fingerprint density at radius 3 is 2.69 bits per heavy atom. The number of rotatable bonds is 8. The molecular formula is C26H27ClN2O5S. The van der Waals surface area contributed by atoms with Crippen LogP contribution in [0.15, 0.2) is 54.7 Å². The summed E-state index contributed by atoms with van der Waals surface area (Å²) in [4.78, 5) is 15.5. The first kappa shape index (κ1) is 25.2. The van der Waals surface area contributed by atoms with Crippen molar-refractivity contribution in [2.75, 3.05) is 10.9 Å². The van der Waals surface area contributed by atoms with Crippen molar-refractivity contribution in [2.24, 2.45) is 0 Å². The third-order valence-electron chi connectivity index (χ3n) is 6.13. The van der Waals surface area contributed by atoms with Gasteiger partial charge < -0.3 is 9.84 Å². The molecule has 1 aliphatic carbocycles. The van der Waals surface area contributed by atoms with Gasteiger partial charge in [0.15, 0.2) is 6.61 Å². The van der Waals surface area contributed by atoms with Gasteiger partial charge in [0.25, 0.3) is 11.3 Å². The Morgan fingerprint density at radius 2 is 2.03 bits per heavy atom. The molecule has 0 fully saturated rings. The van der Waals surface area contributed by atoms with Crippen LogP contribution in [0.3, 0.4) is 0 Å². The van der Waals surface area contributed by atoms with E-state index in [1.807, 2.05) is 18.2 Å². The lowest BCUT2D eigenvalue weighted by Gasteiger charge is -2.34. The van der Waals surface area contributed by atoms with Gasteiger partial charge in [-0.25, -0.2) is 18.3 Å². The number of ether oxygens (including phenoxy) is 1. The van der Waals surface area contributed by atoms with Crippen LogP contribution < -0.4 is 9.04 Å². The van der Waals surface area contributed by atoms with Crippen molar-refractivity contribution in [1.82, 2.24) is 4.98 Å². The van der Waals surface area contributed by atoms with Crippen LogP contribution in [0.4, 0.5) is 5.82 Å². The molecule has 2 atom stereocenters. The van der Waals surface area contributed by atoms with Gasteiger partial charge in [0.05, 0.1) is 6.04 Å². The maximum absolute atomic E-state index is 12.5. The number of aromatic nitrogens is 1. The minimum Gasteiger partial charge on any atom is -0.482 e. The summed E-state index contributed by atoms with van der Waals surface area (Å²) in [6.07, 6.45) is 3.70. The van der Waals surface area contributed by atoms with Gasteiger partial charge in [-0.2, -0.15) is 0 Å². The number of carboxylic acid groups (broad SMARTS) is 1. The maximum atomic E-state index is 12.5. The predicted molar refractivity (Wildman–Crippen MR) is 137 cm³/mol. The molecule has 3 aromatic rings. The van der Waals surface area contributed by atoms with Crippen LogP contribution in [0, 0.1) is 0 Å². The lowest BCUT2D eigenvalue weighted by atomic mass is 9.87. The first-order valence-corrected chi connectivity index (χ1v) is 12.8. The van der Waals surface area contributed by atoms with Crippen LogP contribution in [0.5, 0.6) is 5.75 Å². The van der Waals surface area contributed by atoms with E-state index in [0.29, 0.717) is 35.3 Å². The normalized spacial score (nSPS) is 16.0. The molecule has 0 saturated carbocycles. The fourth-order valence-electron chi connectivity index (χ4n) is 4.45. The van der Waals surface area contributed by atoms with Crippen LogP contribution >= 0.6 is 11.6 Å². The second-order valence-electron chi connectivity index (χ2n) is 8.80. The lowest BCUT2D eigenvalue weighted by Crippen LogP contribution is -2.33. The van der Waals surface area contributed by atoms with E-state index < -0.39 is 29.9 Å². The number of anilines is 1. The summed E-state index contributed by atoms with van der Waals surface area (Å²) in [6, 6.07) is 14.7. The van der Waals surface area contributed by atoms with Gasteiger partial charge in [0.2, 0.25) is 0 Å².